The maximum absolute atomic E-state index is 13.4. The molecule has 0 N–H and O–H groups in total. The number of hydrogen-bond donors (Lipinski definition) is 0. The fourth-order valence-corrected chi connectivity index (χ4v) is 3.92. The minimum absolute atomic E-state index is 0.0196. The van der Waals surface area contributed by atoms with Gasteiger partial charge in [0.2, 0.25) is 0 Å². The van der Waals surface area contributed by atoms with E-state index >= 15 is 0 Å². The Kier molecular flexibility index (Phi) is 4.49. The maximum atomic E-state index is 13.4. The lowest BCUT2D eigenvalue weighted by molar-refractivity contribution is 0.510. The molecular weight excluding hydrogens is 421 g/mol. The van der Waals surface area contributed by atoms with E-state index < -0.39 is 0 Å². The van der Waals surface area contributed by atoms with E-state index in [1.54, 1.807) is 23.0 Å². The Labute approximate surface area is 181 Å². The van der Waals surface area contributed by atoms with Crippen molar-refractivity contribution < 1.29 is 0 Å². The zero-order chi connectivity index (χ0) is 21.0. The summed E-state index contributed by atoms with van der Waals surface area (Å²) < 4.78 is 3.46. The second-order valence-corrected chi connectivity index (χ2v) is 8.05. The van der Waals surface area contributed by atoms with Gasteiger partial charge in [0.25, 0.3) is 5.56 Å². The molecule has 0 amide bonds. The van der Waals surface area contributed by atoms with Gasteiger partial charge in [0.05, 0.1) is 26.8 Å². The lowest BCUT2D eigenvalue weighted by Crippen LogP contribution is -2.23. The highest BCUT2D eigenvalue weighted by molar-refractivity contribution is 6.42. The Bertz CT molecular complexity index is 1510. The predicted octanol–water partition coefficient (Wildman–Crippen LogP) is 5.56. The first-order chi connectivity index (χ1) is 14.5. The third kappa shape index (κ3) is 2.79. The van der Waals surface area contributed by atoms with Gasteiger partial charge in [0, 0.05) is 6.04 Å². The van der Waals surface area contributed by atoms with Crippen LogP contribution in [0.2, 0.25) is 10.0 Å². The number of aromatic nitrogens is 5. The number of benzene rings is 2. The summed E-state index contributed by atoms with van der Waals surface area (Å²) in [5.74, 6) is 0. The monoisotopic (exact) mass is 437 g/mol. The molecule has 0 fully saturated rings. The minimum Gasteiger partial charge on any atom is -0.296 e. The third-order valence-corrected chi connectivity index (χ3v) is 6.16. The van der Waals surface area contributed by atoms with Crippen molar-refractivity contribution in [3.05, 3.63) is 69.2 Å². The van der Waals surface area contributed by atoms with Crippen LogP contribution in [0.4, 0.5) is 0 Å². The van der Waals surface area contributed by atoms with Crippen LogP contribution in [0.1, 0.15) is 26.3 Å². The summed E-state index contributed by atoms with van der Waals surface area (Å²) in [6.07, 6.45) is 2.40. The molecule has 0 radical (unpaired) electrons. The van der Waals surface area contributed by atoms with Crippen LogP contribution in [-0.2, 0) is 0 Å². The molecule has 0 saturated heterocycles. The fourth-order valence-electron chi connectivity index (χ4n) is 3.63. The zero-order valence-corrected chi connectivity index (χ0v) is 17.8. The summed E-state index contributed by atoms with van der Waals surface area (Å²) in [7, 11) is 0. The van der Waals surface area contributed by atoms with E-state index in [1.165, 1.54) is 0 Å². The van der Waals surface area contributed by atoms with Crippen LogP contribution < -0.4 is 5.56 Å². The van der Waals surface area contributed by atoms with Crippen LogP contribution in [0.25, 0.3) is 38.9 Å². The molecule has 30 heavy (non-hydrogen) atoms. The Balaban J connectivity index is 1.98. The van der Waals surface area contributed by atoms with E-state index in [0.717, 1.165) is 17.5 Å². The van der Waals surface area contributed by atoms with Crippen LogP contribution in [0.5, 0.6) is 0 Å². The van der Waals surface area contributed by atoms with E-state index in [0.29, 0.717) is 37.9 Å². The molecule has 0 spiro atoms. The number of halogens is 2. The molecule has 3 aromatic heterocycles. The molecule has 6 nitrogen and oxygen atoms in total. The molecule has 3 heterocycles. The third-order valence-electron chi connectivity index (χ3n) is 5.42. The maximum Gasteiger partial charge on any atom is 0.265 e. The molecule has 0 aliphatic rings. The molecule has 0 aliphatic heterocycles. The molecule has 150 valence electrons. The smallest absolute Gasteiger partial charge is 0.265 e. The van der Waals surface area contributed by atoms with Crippen molar-refractivity contribution >= 4 is 56.4 Å². The second kappa shape index (κ2) is 7.07. The first-order valence-electron chi connectivity index (χ1n) is 9.63. The molecule has 2 aromatic carbocycles. The van der Waals surface area contributed by atoms with Gasteiger partial charge >= 0.3 is 0 Å². The zero-order valence-electron chi connectivity index (χ0n) is 16.3. The molecule has 0 saturated carbocycles. The van der Waals surface area contributed by atoms with Gasteiger partial charge in [-0.1, -0.05) is 42.3 Å². The molecule has 0 aliphatic carbocycles. The van der Waals surface area contributed by atoms with Crippen LogP contribution in [0.3, 0.4) is 0 Å². The summed E-state index contributed by atoms with van der Waals surface area (Å²) >= 11 is 12.4. The number of fused-ring (bicyclic) bond motifs is 4. The summed E-state index contributed by atoms with van der Waals surface area (Å²) in [4.78, 5) is 27.7. The normalized spacial score (nSPS) is 12.8. The van der Waals surface area contributed by atoms with Crippen LogP contribution in [0, 0.1) is 0 Å². The SMILES string of the molecule is CC[C@@H](C)n1cnc2c(c1=O)c1nc3ccccc3nc1n2-c1ccc(Cl)c(Cl)c1. The number of rotatable bonds is 3. The van der Waals surface area contributed by atoms with E-state index in [2.05, 4.69) is 4.98 Å². The van der Waals surface area contributed by atoms with Gasteiger partial charge in [-0.25, -0.2) is 15.0 Å². The standard InChI is InChI=1S/C22H17Cl2N5O/c1-3-12(2)28-11-25-20-18(22(28)30)19-21(27-17-7-5-4-6-16(17)26-19)29(20)13-8-9-14(23)15(24)10-13/h4-12H,3H2,1-2H3/t12-/m1/s1. The first kappa shape index (κ1) is 19.0. The van der Waals surface area contributed by atoms with Gasteiger partial charge in [-0.05, 0) is 43.7 Å². The minimum atomic E-state index is -0.136. The lowest BCUT2D eigenvalue weighted by Gasteiger charge is -2.12. The van der Waals surface area contributed by atoms with Crippen molar-refractivity contribution in [2.45, 2.75) is 26.3 Å². The average molecular weight is 438 g/mol. The molecule has 1 atom stereocenters. The van der Waals surface area contributed by atoms with Gasteiger partial charge in [0.15, 0.2) is 11.3 Å². The van der Waals surface area contributed by atoms with E-state index in [-0.39, 0.29) is 11.6 Å². The molecule has 8 heteroatoms. The van der Waals surface area contributed by atoms with Crippen LogP contribution in [0.15, 0.2) is 53.6 Å². The molecule has 5 rings (SSSR count). The quantitative estimate of drug-likeness (QED) is 0.370. The second-order valence-electron chi connectivity index (χ2n) is 7.23. The highest BCUT2D eigenvalue weighted by atomic mass is 35.5. The molecular formula is C22H17Cl2N5O. The number of hydrogen-bond acceptors (Lipinski definition) is 4. The topological polar surface area (TPSA) is 65.6 Å². The van der Waals surface area contributed by atoms with Gasteiger partial charge in [-0.3, -0.25) is 13.9 Å². The molecule has 5 aromatic rings. The number of para-hydroxylation sites is 2. The van der Waals surface area contributed by atoms with Crippen molar-refractivity contribution in [2.75, 3.05) is 0 Å². The van der Waals surface area contributed by atoms with Gasteiger partial charge in [-0.2, -0.15) is 0 Å². The predicted molar refractivity (Wildman–Crippen MR) is 121 cm³/mol. The molecule has 0 unspecified atom stereocenters. The first-order valence-corrected chi connectivity index (χ1v) is 10.4. The summed E-state index contributed by atoms with van der Waals surface area (Å²) in [5, 5.41) is 1.30. The Morgan fingerprint density at radius 3 is 2.43 bits per heavy atom. The van der Waals surface area contributed by atoms with E-state index in [1.807, 2.05) is 48.7 Å². The number of nitrogens with zero attached hydrogens (tertiary/aromatic N) is 5. The summed E-state index contributed by atoms with van der Waals surface area (Å²) in [6.45, 7) is 4.03. The van der Waals surface area contributed by atoms with E-state index in [9.17, 15) is 4.79 Å². The van der Waals surface area contributed by atoms with Crippen molar-refractivity contribution in [3.8, 4) is 5.69 Å². The van der Waals surface area contributed by atoms with Crippen LogP contribution in [-0.4, -0.2) is 24.1 Å². The molecule has 0 bridgehead atoms. The van der Waals surface area contributed by atoms with Crippen molar-refractivity contribution in [3.63, 3.8) is 0 Å². The van der Waals surface area contributed by atoms with Gasteiger partial charge in [0.1, 0.15) is 17.2 Å². The lowest BCUT2D eigenvalue weighted by atomic mass is 10.2. The Morgan fingerprint density at radius 2 is 1.73 bits per heavy atom. The Morgan fingerprint density at radius 1 is 1.00 bits per heavy atom. The van der Waals surface area contributed by atoms with Crippen molar-refractivity contribution in [1.82, 2.24) is 24.1 Å². The average Bonchev–Trinajstić information content (AvgIpc) is 3.07. The van der Waals surface area contributed by atoms with Gasteiger partial charge in [-0.15, -0.1) is 0 Å². The fraction of sp³-hybridized carbons (Fsp3) is 0.182. The Hall–Kier alpha value is -2.96. The van der Waals surface area contributed by atoms with Crippen LogP contribution >= 0.6 is 23.2 Å². The summed E-state index contributed by atoms with van der Waals surface area (Å²) in [6, 6.07) is 12.9. The highest BCUT2D eigenvalue weighted by Crippen LogP contribution is 2.31. The largest absolute Gasteiger partial charge is 0.296 e. The van der Waals surface area contributed by atoms with Crippen molar-refractivity contribution in [1.29, 1.82) is 0 Å². The van der Waals surface area contributed by atoms with E-state index in [4.69, 9.17) is 33.2 Å². The summed E-state index contributed by atoms with van der Waals surface area (Å²) in [5.41, 5.74) is 3.58. The highest BCUT2D eigenvalue weighted by Gasteiger charge is 2.22. The van der Waals surface area contributed by atoms with Crippen molar-refractivity contribution in [2.24, 2.45) is 0 Å². The van der Waals surface area contributed by atoms with Gasteiger partial charge < -0.3 is 0 Å².